The number of aryl methyl sites for hydroxylation is 7. The lowest BCUT2D eigenvalue weighted by molar-refractivity contribution is 0.297. The van der Waals surface area contributed by atoms with Crippen LogP contribution in [0.1, 0.15) is 225 Å². The molecule has 4 N–H and O–H groups in total. The van der Waals surface area contributed by atoms with Crippen LogP contribution in [0.3, 0.4) is 0 Å². The van der Waals surface area contributed by atoms with Crippen LogP contribution in [0.15, 0.2) is 268 Å². The van der Waals surface area contributed by atoms with Crippen LogP contribution in [-0.2, 0) is 90.8 Å². The number of rotatable bonds is 35. The van der Waals surface area contributed by atoms with Gasteiger partial charge in [-0.3, -0.25) is 24.9 Å². The second-order valence-corrected chi connectivity index (χ2v) is 40.0. The van der Waals surface area contributed by atoms with Crippen molar-refractivity contribution < 1.29 is 29.6 Å². The van der Waals surface area contributed by atoms with Crippen molar-refractivity contribution in [3.05, 3.63) is 421 Å². The number of nitrogens with one attached hydrogen (secondary N) is 4. The summed E-state index contributed by atoms with van der Waals surface area (Å²) in [5.74, 6) is 3.42. The van der Waals surface area contributed by atoms with Gasteiger partial charge in [0.05, 0.1) is 42.4 Å². The molecule has 19 heteroatoms. The third kappa shape index (κ3) is 44.4. The largest absolute Gasteiger partial charge is 0.489 e. The molecule has 14 aromatic rings. The molecule has 0 radical (unpaired) electrons. The number of anilines is 4. The lowest BCUT2D eigenvalue weighted by Gasteiger charge is -2.14. The fourth-order valence-electron chi connectivity index (χ4n) is 13.9. The summed E-state index contributed by atoms with van der Waals surface area (Å²) < 4.78 is 97.7. The van der Waals surface area contributed by atoms with Gasteiger partial charge in [0, 0.05) is 107 Å². The maximum atomic E-state index is 13.3. The van der Waals surface area contributed by atoms with Crippen molar-refractivity contribution in [3.8, 4) is 17.2 Å². The van der Waals surface area contributed by atoms with Crippen molar-refractivity contribution in [1.29, 1.82) is 0 Å². The highest BCUT2D eigenvalue weighted by molar-refractivity contribution is 6.32. The molecule has 0 saturated heterocycles. The molecule has 0 aliphatic rings. The van der Waals surface area contributed by atoms with Gasteiger partial charge in [-0.05, 0) is 370 Å². The van der Waals surface area contributed by atoms with Crippen LogP contribution in [0, 0.1) is 95.7 Å². The number of ether oxygens (including phenoxy) is 3. The highest BCUT2D eigenvalue weighted by atomic mass is 35.5. The van der Waals surface area contributed by atoms with E-state index in [9.17, 15) is 4.39 Å². The Kier molecular flexibility index (Phi) is 43.9. The Hall–Kier alpha value is -11.0. The van der Waals surface area contributed by atoms with Crippen molar-refractivity contribution in [1.82, 2.24) is 24.9 Å². The Morgan fingerprint density at radius 2 is 0.521 bits per heavy atom. The van der Waals surface area contributed by atoms with Crippen molar-refractivity contribution in [2.24, 2.45) is 41.4 Å². The van der Waals surface area contributed by atoms with E-state index in [1.165, 1.54) is 28.3 Å². The summed E-state index contributed by atoms with van der Waals surface area (Å²) in [7, 11) is 0. The molecule has 5 heterocycles. The van der Waals surface area contributed by atoms with E-state index in [2.05, 4.69) is 150 Å². The fourth-order valence-corrected chi connectivity index (χ4v) is 14.9. The van der Waals surface area contributed by atoms with Crippen molar-refractivity contribution in [3.63, 3.8) is 0 Å². The molecule has 14 rings (SSSR count). The van der Waals surface area contributed by atoms with Crippen molar-refractivity contribution in [2.75, 3.05) is 21.3 Å². The van der Waals surface area contributed by atoms with Gasteiger partial charge in [0.2, 0.25) is 0 Å². The molecule has 5 aromatic heterocycles. The van der Waals surface area contributed by atoms with Gasteiger partial charge < -0.3 is 35.5 Å². The molecule has 12 nitrogen and oxygen atoms in total. The summed E-state index contributed by atoms with van der Waals surface area (Å²) in [4.78, 5) is 21.7. The van der Waals surface area contributed by atoms with Gasteiger partial charge in [-0.2, -0.15) is 0 Å². The maximum absolute atomic E-state index is 13.3. The highest BCUT2D eigenvalue weighted by Gasteiger charge is 2.16. The van der Waals surface area contributed by atoms with E-state index in [-0.39, 0.29) is 29.5 Å². The van der Waals surface area contributed by atoms with E-state index >= 15 is 0 Å². The van der Waals surface area contributed by atoms with Crippen LogP contribution >= 0.6 is 69.6 Å². The third-order valence-corrected chi connectivity index (χ3v) is 22.2. The van der Waals surface area contributed by atoms with E-state index in [1.54, 1.807) is 60.7 Å². The SMILES string of the molecule is Cc1ccc(COc2ccc(Cl)cc2CC(C)C)cc1.Cc1ccc(COc2ccc(Cl)cc2CC(C)C)nc1.Cc1ccc(COc2ccc(F)cc2CC(C)C)cc1.[2H]C([2H])(c1cc(Cl)ccc1NCc1ccc(C)cn1)C(C)C.[2H]C([2H])(c1cc(Cl)ccc1NCc1ccc(C)cn1)C(C)C.[2H]C([2H])(c1cc(Cl)ccc1NCc1ccc(C)cn1)C(C)C.[2H]C([2H])(c1cc(Cl)ccc1NCc1ccc(C)nc1)C(C)C. The summed E-state index contributed by atoms with van der Waals surface area (Å²) in [5, 5.41) is 16.8. The standard InChI is InChI=1S/C18H21ClO.C18H21FO.4C17H21ClN2.C17H20ClNO/c2*1-13(2)10-16-11-17(19)8-9-18(16)20-12-15-6-4-14(3)5-7-15;3*1-12(2)8-14-9-15(18)5-7-17(14)20-11-16-6-4-13(3)10-19-16;1-12(2)8-15-9-16(18)6-7-17(15)20-11-14-5-4-13(3)19-10-14;1-12(2)8-14-9-15(18)5-7-17(14)20-11-16-6-4-13(3)10-19-16/h2*4-9,11,13H,10,12H2,1-3H3;4*4-7,9-10,12,20H,8,11H2,1-3H3;4-7,9-10,12H,8,11H2,1-3H3/i;;4*8D2;. The number of hydrogen-bond donors (Lipinski definition) is 4. The maximum Gasteiger partial charge on any atom is 0.130 e. The van der Waals surface area contributed by atoms with Gasteiger partial charge in [0.15, 0.2) is 0 Å². The number of benzene rings is 9. The quantitative estimate of drug-likeness (QED) is 0.0301. The second-order valence-electron chi connectivity index (χ2n) is 37.4. The minimum atomic E-state index is -1.45. The topological polar surface area (TPSA) is 140 Å². The molecule has 0 spiro atoms. The van der Waals surface area contributed by atoms with Gasteiger partial charge in [0.1, 0.15) is 42.9 Å². The zero-order valence-corrected chi connectivity index (χ0v) is 89.7. The molecular weight excluding hydrogens is 1860 g/mol. The van der Waals surface area contributed by atoms with Gasteiger partial charge in [0.25, 0.3) is 0 Å². The van der Waals surface area contributed by atoms with Crippen LogP contribution in [0.5, 0.6) is 17.2 Å². The molecule has 0 aliphatic heterocycles. The normalized spacial score (nSPS) is 12.1. The predicted molar refractivity (Wildman–Crippen MR) is 594 cm³/mol. The Labute approximate surface area is 877 Å². The van der Waals surface area contributed by atoms with E-state index in [4.69, 9.17) is 94.8 Å². The smallest absolute Gasteiger partial charge is 0.130 e. The highest BCUT2D eigenvalue weighted by Crippen LogP contribution is 2.33. The number of hydrogen-bond acceptors (Lipinski definition) is 12. The summed E-state index contributed by atoms with van der Waals surface area (Å²) in [6.07, 6.45) is 6.12. The summed E-state index contributed by atoms with van der Waals surface area (Å²) in [6, 6.07) is 74.2. The Morgan fingerprint density at radius 1 is 0.257 bits per heavy atom. The van der Waals surface area contributed by atoms with Crippen LogP contribution < -0.4 is 35.5 Å². The molecule has 0 bridgehead atoms. The van der Waals surface area contributed by atoms with Gasteiger partial charge in [-0.25, -0.2) is 4.39 Å². The number of halogens is 7. The second kappa shape index (κ2) is 60.3. The zero-order valence-electron chi connectivity index (χ0n) is 93.1. The molecule has 742 valence electrons. The summed E-state index contributed by atoms with van der Waals surface area (Å²) >= 11 is 36.4. The van der Waals surface area contributed by atoms with Crippen LogP contribution in [0.4, 0.5) is 27.1 Å². The minimum Gasteiger partial charge on any atom is -0.489 e. The zero-order chi connectivity index (χ0) is 109. The molecule has 9 aromatic carbocycles. The molecule has 0 saturated carbocycles. The van der Waals surface area contributed by atoms with Crippen molar-refractivity contribution in [2.45, 2.75) is 236 Å². The molecular formula is C121H146Cl6FN9O3. The van der Waals surface area contributed by atoms with E-state index < -0.39 is 25.5 Å². The minimum absolute atomic E-state index is 0.146. The van der Waals surface area contributed by atoms with Gasteiger partial charge in [-0.15, -0.1) is 0 Å². The first-order valence-corrected chi connectivity index (χ1v) is 50.2. The van der Waals surface area contributed by atoms with Crippen LogP contribution in [0.25, 0.3) is 0 Å². The Balaban J connectivity index is 0.000000211. The summed E-state index contributed by atoms with van der Waals surface area (Å²) in [5.41, 5.74) is 23.7. The molecule has 0 aliphatic carbocycles. The first-order chi connectivity index (χ1) is 69.8. The Morgan fingerprint density at radius 3 is 0.807 bits per heavy atom. The number of pyridine rings is 5. The summed E-state index contributed by atoms with van der Waals surface area (Å²) in [6.45, 7) is 45.9. The van der Waals surface area contributed by atoms with E-state index in [0.29, 0.717) is 106 Å². The lowest BCUT2D eigenvalue weighted by Crippen LogP contribution is -2.05. The molecule has 0 unspecified atom stereocenters. The van der Waals surface area contributed by atoms with E-state index in [0.717, 1.165) is 142 Å². The fraction of sp³-hybridized carbons (Fsp3) is 0.347. The molecule has 0 fully saturated rings. The Bertz CT molecular complexity index is 5720. The molecule has 0 atom stereocenters. The van der Waals surface area contributed by atoms with Crippen LogP contribution in [0.2, 0.25) is 30.1 Å². The van der Waals surface area contributed by atoms with Crippen LogP contribution in [-0.4, -0.2) is 24.9 Å². The first-order valence-electron chi connectivity index (χ1n) is 51.9. The average molecular weight is 2010 g/mol. The average Bonchev–Trinajstić information content (AvgIpc) is 0.807. The first kappa shape index (κ1) is 102. The molecule has 140 heavy (non-hydrogen) atoms. The monoisotopic (exact) mass is 2010 g/mol. The van der Waals surface area contributed by atoms with Gasteiger partial charge >= 0.3 is 0 Å². The van der Waals surface area contributed by atoms with Gasteiger partial charge in [-0.1, -0.05) is 257 Å². The third-order valence-electron chi connectivity index (χ3n) is 20.8. The predicted octanol–water partition coefficient (Wildman–Crippen LogP) is 34.6. The lowest BCUT2D eigenvalue weighted by atomic mass is 10.0. The van der Waals surface area contributed by atoms with Crippen molar-refractivity contribution >= 4 is 92.4 Å². The molecule has 0 amide bonds. The number of nitrogens with zero attached hydrogens (tertiary/aromatic N) is 5. The number of aromatic nitrogens is 5. The van der Waals surface area contributed by atoms with E-state index in [1.807, 2.05) is 242 Å².